The number of nitrogen functional groups attached to an aromatic ring is 1. The second-order valence-electron chi connectivity index (χ2n) is 5.51. The maximum atomic E-state index is 12.6. The van der Waals surface area contributed by atoms with Crippen LogP contribution in [0.1, 0.15) is 22.5 Å². The molecule has 2 aromatic rings. The van der Waals surface area contributed by atoms with E-state index in [0.29, 0.717) is 30.9 Å². The molecule has 138 valence electrons. The Labute approximate surface area is 158 Å². The van der Waals surface area contributed by atoms with E-state index < -0.39 is 11.0 Å². The third-order valence-corrected chi connectivity index (χ3v) is 4.88. The van der Waals surface area contributed by atoms with Gasteiger partial charge in [-0.25, -0.2) is 4.98 Å². The first kappa shape index (κ1) is 19.6. The first-order valence-electron chi connectivity index (χ1n) is 7.53. The molecule has 1 atom stereocenters. The Morgan fingerprint density at radius 1 is 1.35 bits per heavy atom. The number of halogens is 1. The molecule has 0 radical (unpaired) electrons. The van der Waals surface area contributed by atoms with Crippen molar-refractivity contribution in [2.24, 2.45) is 0 Å². The quantitative estimate of drug-likeness (QED) is 0.601. The molecule has 0 aromatic carbocycles. The molecule has 3 heterocycles. The average molecular weight is 398 g/mol. The Balaban J connectivity index is 0.00000243. The minimum atomic E-state index is -0.619. The van der Waals surface area contributed by atoms with Gasteiger partial charge in [-0.2, -0.15) is 0 Å². The van der Waals surface area contributed by atoms with Gasteiger partial charge in [0.25, 0.3) is 5.91 Å². The lowest BCUT2D eigenvalue weighted by molar-refractivity contribution is -0.380. The van der Waals surface area contributed by atoms with Crippen LogP contribution in [0.15, 0.2) is 30.5 Å². The lowest BCUT2D eigenvalue weighted by atomic mass is 10.2. The van der Waals surface area contributed by atoms with Crippen molar-refractivity contribution >= 4 is 52.1 Å². The topological polar surface area (TPSA) is 131 Å². The van der Waals surface area contributed by atoms with E-state index in [1.807, 2.05) is 0 Å². The number of nitrogens with one attached hydrogen (secondary N) is 1. The van der Waals surface area contributed by atoms with E-state index >= 15 is 0 Å². The number of nitro groups is 1. The lowest BCUT2D eigenvalue weighted by Gasteiger charge is -2.23. The normalized spacial score (nSPS) is 16.0. The summed E-state index contributed by atoms with van der Waals surface area (Å²) >= 11 is 0.809. The number of hydrogen-bond acceptors (Lipinski definition) is 7. The summed E-state index contributed by atoms with van der Waals surface area (Å²) < 4.78 is 0. The first-order valence-corrected chi connectivity index (χ1v) is 8.35. The number of carbonyl (C=O) groups is 2. The van der Waals surface area contributed by atoms with Gasteiger partial charge in [-0.1, -0.05) is 11.3 Å². The number of thiophene rings is 1. The standard InChI is InChI=1S/C15H15N5O4S.ClH/c16-12-5-3-9(8-17-12)18-14(21)10-2-1-7-19(10)15(22)11-4-6-13(25-11)20(23)24;/h3-6,8,10H,1-2,7H2,(H2,16,17)(H,18,21);1H. The van der Waals surface area contributed by atoms with Crippen molar-refractivity contribution in [1.29, 1.82) is 0 Å². The second kappa shape index (κ2) is 8.11. The van der Waals surface area contributed by atoms with Crippen molar-refractivity contribution in [1.82, 2.24) is 9.88 Å². The minimum absolute atomic E-state index is 0. The molecule has 3 N–H and O–H groups in total. The maximum absolute atomic E-state index is 12.6. The Kier molecular flexibility index (Phi) is 6.11. The molecular weight excluding hydrogens is 382 g/mol. The van der Waals surface area contributed by atoms with Gasteiger partial charge >= 0.3 is 5.00 Å². The number of nitrogens with two attached hydrogens (primary N) is 1. The van der Waals surface area contributed by atoms with E-state index in [1.54, 1.807) is 12.1 Å². The fourth-order valence-electron chi connectivity index (χ4n) is 2.67. The third-order valence-electron chi connectivity index (χ3n) is 3.85. The van der Waals surface area contributed by atoms with E-state index in [0.717, 1.165) is 11.3 Å². The molecule has 1 aliphatic rings. The van der Waals surface area contributed by atoms with Crippen LogP contribution in [-0.2, 0) is 4.79 Å². The largest absolute Gasteiger partial charge is 0.384 e. The molecule has 1 unspecified atom stereocenters. The summed E-state index contributed by atoms with van der Waals surface area (Å²) in [6.45, 7) is 0.433. The molecule has 2 amide bonds. The summed E-state index contributed by atoms with van der Waals surface area (Å²) in [6.07, 6.45) is 2.67. The van der Waals surface area contributed by atoms with Crippen LogP contribution in [0, 0.1) is 10.1 Å². The number of rotatable bonds is 4. The minimum Gasteiger partial charge on any atom is -0.384 e. The van der Waals surface area contributed by atoms with Crippen LogP contribution >= 0.6 is 23.7 Å². The smallest absolute Gasteiger partial charge is 0.324 e. The molecule has 2 aromatic heterocycles. The Morgan fingerprint density at radius 2 is 2.12 bits per heavy atom. The molecule has 1 fully saturated rings. The summed E-state index contributed by atoms with van der Waals surface area (Å²) in [5.41, 5.74) is 6.00. The van der Waals surface area contributed by atoms with Crippen molar-refractivity contribution in [3.63, 3.8) is 0 Å². The van der Waals surface area contributed by atoms with Gasteiger partial charge in [-0.15, -0.1) is 12.4 Å². The van der Waals surface area contributed by atoms with Gasteiger partial charge in [0.15, 0.2) is 0 Å². The first-order chi connectivity index (χ1) is 12.0. The number of aromatic nitrogens is 1. The number of likely N-dealkylation sites (tertiary alicyclic amines) is 1. The van der Waals surface area contributed by atoms with Crippen LogP contribution in [0.5, 0.6) is 0 Å². The van der Waals surface area contributed by atoms with E-state index in [2.05, 4.69) is 10.3 Å². The summed E-state index contributed by atoms with van der Waals surface area (Å²) in [4.78, 5) is 40.9. The Bertz CT molecular complexity index is 826. The van der Waals surface area contributed by atoms with Crippen LogP contribution < -0.4 is 11.1 Å². The van der Waals surface area contributed by atoms with Crippen molar-refractivity contribution in [3.05, 3.63) is 45.5 Å². The van der Waals surface area contributed by atoms with E-state index in [-0.39, 0.29) is 34.1 Å². The molecule has 0 bridgehead atoms. The van der Waals surface area contributed by atoms with Crippen LogP contribution in [0.2, 0.25) is 0 Å². The highest BCUT2D eigenvalue weighted by atomic mass is 35.5. The molecule has 3 rings (SSSR count). The molecule has 1 saturated heterocycles. The van der Waals surface area contributed by atoms with Crippen LogP contribution in [-0.4, -0.2) is 39.2 Å². The average Bonchev–Trinajstić information content (AvgIpc) is 3.26. The summed E-state index contributed by atoms with van der Waals surface area (Å²) in [6, 6.07) is 5.29. The zero-order valence-electron chi connectivity index (χ0n) is 13.5. The zero-order chi connectivity index (χ0) is 18.0. The lowest BCUT2D eigenvalue weighted by Crippen LogP contribution is -2.42. The van der Waals surface area contributed by atoms with Crippen molar-refractivity contribution in [3.8, 4) is 0 Å². The van der Waals surface area contributed by atoms with E-state index in [1.165, 1.54) is 23.2 Å². The van der Waals surface area contributed by atoms with E-state index in [4.69, 9.17) is 5.73 Å². The highest BCUT2D eigenvalue weighted by Crippen LogP contribution is 2.28. The molecule has 9 nitrogen and oxygen atoms in total. The molecule has 11 heteroatoms. The van der Waals surface area contributed by atoms with Crippen molar-refractivity contribution in [2.45, 2.75) is 18.9 Å². The van der Waals surface area contributed by atoms with Gasteiger partial charge in [0.05, 0.1) is 21.7 Å². The van der Waals surface area contributed by atoms with Crippen LogP contribution in [0.3, 0.4) is 0 Å². The number of anilines is 2. The molecule has 0 saturated carbocycles. The molecule has 1 aliphatic heterocycles. The third kappa shape index (κ3) is 4.09. The molecule has 0 spiro atoms. The molecule has 0 aliphatic carbocycles. The second-order valence-corrected chi connectivity index (χ2v) is 6.57. The summed E-state index contributed by atoms with van der Waals surface area (Å²) in [7, 11) is 0. The van der Waals surface area contributed by atoms with Gasteiger partial charge in [-0.3, -0.25) is 19.7 Å². The van der Waals surface area contributed by atoms with Gasteiger partial charge in [0.1, 0.15) is 11.9 Å². The monoisotopic (exact) mass is 397 g/mol. The van der Waals surface area contributed by atoms with E-state index in [9.17, 15) is 19.7 Å². The Morgan fingerprint density at radius 3 is 2.73 bits per heavy atom. The zero-order valence-corrected chi connectivity index (χ0v) is 15.1. The Hall–Kier alpha value is -2.72. The molecule has 26 heavy (non-hydrogen) atoms. The molecular formula is C15H16ClN5O4S. The number of pyridine rings is 1. The van der Waals surface area contributed by atoms with Crippen molar-refractivity contribution in [2.75, 3.05) is 17.6 Å². The fourth-order valence-corrected chi connectivity index (χ4v) is 3.45. The maximum Gasteiger partial charge on any atom is 0.324 e. The number of hydrogen-bond donors (Lipinski definition) is 2. The predicted octanol–water partition coefficient (Wildman–Crippen LogP) is 2.30. The van der Waals surface area contributed by atoms with Crippen molar-refractivity contribution < 1.29 is 14.5 Å². The number of nitrogens with zero attached hydrogens (tertiary/aromatic N) is 3. The van der Waals surface area contributed by atoms with Crippen LogP contribution in [0.25, 0.3) is 0 Å². The predicted molar refractivity (Wildman–Crippen MR) is 99.6 cm³/mol. The highest BCUT2D eigenvalue weighted by Gasteiger charge is 2.35. The van der Waals surface area contributed by atoms with Gasteiger partial charge < -0.3 is 16.0 Å². The number of amides is 2. The highest BCUT2D eigenvalue weighted by molar-refractivity contribution is 7.17. The van der Waals surface area contributed by atoms with Gasteiger partial charge in [0, 0.05) is 12.6 Å². The van der Waals surface area contributed by atoms with Gasteiger partial charge in [0.2, 0.25) is 5.91 Å². The fraction of sp³-hybridized carbons (Fsp3) is 0.267. The van der Waals surface area contributed by atoms with Crippen LogP contribution in [0.4, 0.5) is 16.5 Å². The number of carbonyl (C=O) groups excluding carboxylic acids is 2. The summed E-state index contributed by atoms with van der Waals surface area (Å²) in [5.74, 6) is -0.343. The SMILES string of the molecule is Cl.Nc1ccc(NC(=O)C2CCCN2C(=O)c2ccc([N+](=O)[O-])s2)cn1. The van der Waals surface area contributed by atoms with Gasteiger partial charge in [-0.05, 0) is 31.0 Å². The summed E-state index contributed by atoms with van der Waals surface area (Å²) in [5, 5.41) is 13.4.